The van der Waals surface area contributed by atoms with Crippen LogP contribution in [-0.4, -0.2) is 12.0 Å². The minimum Gasteiger partial charge on any atom is -0.312 e. The predicted octanol–water partition coefficient (Wildman–Crippen LogP) is 4.09. The third-order valence-corrected chi connectivity index (χ3v) is 4.37. The van der Waals surface area contributed by atoms with Gasteiger partial charge in [-0.25, -0.2) is 4.39 Å². The van der Waals surface area contributed by atoms with E-state index in [0.717, 1.165) is 5.56 Å². The molecule has 1 aliphatic carbocycles. The highest BCUT2D eigenvalue weighted by Crippen LogP contribution is 2.51. The van der Waals surface area contributed by atoms with Crippen molar-refractivity contribution in [3.63, 3.8) is 0 Å². The molecule has 1 atom stereocenters. The zero-order valence-electron chi connectivity index (χ0n) is 12.2. The van der Waals surface area contributed by atoms with Crippen molar-refractivity contribution in [2.24, 2.45) is 11.3 Å². The van der Waals surface area contributed by atoms with Crippen LogP contribution in [0.1, 0.15) is 57.6 Å². The molecule has 19 heavy (non-hydrogen) atoms. The number of hydrogen-bond donors (Lipinski definition) is 1. The quantitative estimate of drug-likeness (QED) is 0.866. The molecular formula is C16H25FN2. The number of nitrogens with zero attached hydrogens (tertiary/aromatic N) is 1. The largest absolute Gasteiger partial charge is 0.312 e. The van der Waals surface area contributed by atoms with Gasteiger partial charge in [-0.2, -0.15) is 0 Å². The van der Waals surface area contributed by atoms with Gasteiger partial charge >= 0.3 is 0 Å². The van der Waals surface area contributed by atoms with E-state index in [0.29, 0.717) is 5.92 Å². The summed E-state index contributed by atoms with van der Waals surface area (Å²) >= 11 is 0. The van der Waals surface area contributed by atoms with Gasteiger partial charge in [0.05, 0.1) is 6.20 Å². The number of rotatable bonds is 5. The van der Waals surface area contributed by atoms with E-state index in [4.69, 9.17) is 0 Å². The summed E-state index contributed by atoms with van der Waals surface area (Å²) in [6.45, 7) is 4.55. The molecule has 106 valence electrons. The maximum absolute atomic E-state index is 13.4. The van der Waals surface area contributed by atoms with Crippen LogP contribution < -0.4 is 5.32 Å². The molecule has 2 rings (SSSR count). The lowest BCUT2D eigenvalue weighted by Crippen LogP contribution is -2.36. The Morgan fingerprint density at radius 1 is 1.32 bits per heavy atom. The molecular weight excluding hydrogens is 239 g/mol. The van der Waals surface area contributed by atoms with E-state index in [1.54, 1.807) is 6.07 Å². The van der Waals surface area contributed by atoms with Crippen molar-refractivity contribution in [3.8, 4) is 0 Å². The molecule has 0 saturated heterocycles. The maximum Gasteiger partial charge on any atom is 0.141 e. The molecule has 1 N–H and O–H groups in total. The van der Waals surface area contributed by atoms with E-state index in [-0.39, 0.29) is 17.3 Å². The Kier molecular flexibility index (Phi) is 4.56. The molecule has 0 amide bonds. The summed E-state index contributed by atoms with van der Waals surface area (Å²) in [5, 5.41) is 3.43. The predicted molar refractivity (Wildman–Crippen MR) is 76.4 cm³/mol. The molecule has 3 heteroatoms. The summed E-state index contributed by atoms with van der Waals surface area (Å²) in [7, 11) is 1.98. The maximum atomic E-state index is 13.4. The molecule has 0 radical (unpaired) electrons. The molecule has 1 unspecified atom stereocenters. The van der Waals surface area contributed by atoms with E-state index < -0.39 is 0 Å². The highest BCUT2D eigenvalue weighted by atomic mass is 19.1. The monoisotopic (exact) mass is 264 g/mol. The van der Waals surface area contributed by atoms with Gasteiger partial charge in [0.1, 0.15) is 5.82 Å². The molecule has 1 heterocycles. The molecule has 1 saturated carbocycles. The van der Waals surface area contributed by atoms with Crippen molar-refractivity contribution in [1.82, 2.24) is 10.3 Å². The first kappa shape index (κ1) is 14.4. The number of aromatic nitrogens is 1. The summed E-state index contributed by atoms with van der Waals surface area (Å²) in [6, 6.07) is 1.84. The second-order valence-corrected chi connectivity index (χ2v) is 6.33. The Bertz CT molecular complexity index is 411. The molecule has 1 aromatic heterocycles. The van der Waals surface area contributed by atoms with Crippen LogP contribution in [0.15, 0.2) is 18.5 Å². The number of halogens is 1. The smallest absolute Gasteiger partial charge is 0.141 e. The van der Waals surface area contributed by atoms with Crippen LogP contribution in [0.2, 0.25) is 0 Å². The van der Waals surface area contributed by atoms with Crippen LogP contribution >= 0.6 is 0 Å². The minimum absolute atomic E-state index is 0.209. The van der Waals surface area contributed by atoms with E-state index >= 15 is 0 Å². The van der Waals surface area contributed by atoms with Gasteiger partial charge in [-0.15, -0.1) is 0 Å². The Hall–Kier alpha value is -0.960. The van der Waals surface area contributed by atoms with Crippen LogP contribution in [0.25, 0.3) is 0 Å². The van der Waals surface area contributed by atoms with Gasteiger partial charge in [-0.1, -0.05) is 26.7 Å². The topological polar surface area (TPSA) is 24.9 Å². The van der Waals surface area contributed by atoms with Crippen LogP contribution in [0, 0.1) is 17.2 Å². The van der Waals surface area contributed by atoms with Crippen LogP contribution in [0.4, 0.5) is 4.39 Å². The first-order chi connectivity index (χ1) is 9.07. The first-order valence-corrected chi connectivity index (χ1v) is 7.35. The van der Waals surface area contributed by atoms with Gasteiger partial charge in [-0.3, -0.25) is 4.98 Å². The fourth-order valence-electron chi connectivity index (χ4n) is 3.92. The summed E-state index contributed by atoms with van der Waals surface area (Å²) in [5.41, 5.74) is 1.25. The molecule has 1 aliphatic rings. The number of nitrogens with one attached hydrogen (secondary N) is 1. The number of pyridine rings is 1. The Morgan fingerprint density at radius 2 is 2.00 bits per heavy atom. The number of hydrogen-bond acceptors (Lipinski definition) is 2. The Balaban J connectivity index is 2.32. The van der Waals surface area contributed by atoms with E-state index in [9.17, 15) is 4.39 Å². The normalized spacial score (nSPS) is 19.8. The second-order valence-electron chi connectivity index (χ2n) is 6.33. The van der Waals surface area contributed by atoms with Crippen molar-refractivity contribution in [3.05, 3.63) is 29.8 Å². The lowest BCUT2D eigenvalue weighted by molar-refractivity contribution is 0.161. The van der Waals surface area contributed by atoms with Gasteiger partial charge in [0, 0.05) is 12.2 Å². The summed E-state index contributed by atoms with van der Waals surface area (Å²) < 4.78 is 13.4. The highest BCUT2D eigenvalue weighted by molar-refractivity contribution is 5.19. The van der Waals surface area contributed by atoms with Crippen molar-refractivity contribution in [2.75, 3.05) is 7.05 Å². The van der Waals surface area contributed by atoms with Crippen LogP contribution in [0.5, 0.6) is 0 Å². The highest BCUT2D eigenvalue weighted by Gasteiger charge is 2.41. The van der Waals surface area contributed by atoms with E-state index in [1.807, 2.05) is 13.2 Å². The first-order valence-electron chi connectivity index (χ1n) is 7.35. The van der Waals surface area contributed by atoms with Gasteiger partial charge in [0.25, 0.3) is 0 Å². The summed E-state index contributed by atoms with van der Waals surface area (Å²) in [4.78, 5) is 4.02. The van der Waals surface area contributed by atoms with Gasteiger partial charge in [-0.05, 0) is 49.3 Å². The third-order valence-electron chi connectivity index (χ3n) is 4.37. The van der Waals surface area contributed by atoms with Gasteiger partial charge in [0.15, 0.2) is 0 Å². The van der Waals surface area contributed by atoms with E-state index in [2.05, 4.69) is 24.1 Å². The standard InChI is InChI=1S/C16H25FN2/c1-12(2)9-16(6-4-5-7-16)15(18-3)13-8-14(17)11-19-10-13/h8,10-12,15,18H,4-7,9H2,1-3H3. The zero-order chi connectivity index (χ0) is 13.9. The van der Waals surface area contributed by atoms with Crippen LogP contribution in [-0.2, 0) is 0 Å². The fourth-order valence-corrected chi connectivity index (χ4v) is 3.92. The molecule has 0 aromatic carbocycles. The van der Waals surface area contributed by atoms with Crippen molar-refractivity contribution >= 4 is 0 Å². The Morgan fingerprint density at radius 3 is 2.53 bits per heavy atom. The second kappa shape index (κ2) is 6.00. The molecule has 0 aliphatic heterocycles. The molecule has 1 fully saturated rings. The molecule has 0 bridgehead atoms. The molecule has 1 aromatic rings. The summed E-state index contributed by atoms with van der Waals surface area (Å²) in [5.74, 6) is 0.422. The molecule has 0 spiro atoms. The lowest BCUT2D eigenvalue weighted by atomic mass is 9.70. The lowest BCUT2D eigenvalue weighted by Gasteiger charge is -2.39. The van der Waals surface area contributed by atoms with Crippen molar-refractivity contribution < 1.29 is 4.39 Å². The van der Waals surface area contributed by atoms with Crippen molar-refractivity contribution in [2.45, 2.75) is 52.0 Å². The van der Waals surface area contributed by atoms with Gasteiger partial charge < -0.3 is 5.32 Å². The minimum atomic E-state index is -0.240. The fraction of sp³-hybridized carbons (Fsp3) is 0.688. The summed E-state index contributed by atoms with van der Waals surface area (Å²) in [6.07, 6.45) is 9.31. The zero-order valence-corrected chi connectivity index (χ0v) is 12.2. The SMILES string of the molecule is CNC(c1cncc(F)c1)C1(CC(C)C)CCCC1. The molecule has 2 nitrogen and oxygen atoms in total. The Labute approximate surface area is 115 Å². The third kappa shape index (κ3) is 3.14. The van der Waals surface area contributed by atoms with Crippen molar-refractivity contribution in [1.29, 1.82) is 0 Å². The van der Waals surface area contributed by atoms with Crippen LogP contribution in [0.3, 0.4) is 0 Å². The average molecular weight is 264 g/mol. The average Bonchev–Trinajstić information content (AvgIpc) is 2.78. The van der Waals surface area contributed by atoms with Gasteiger partial charge in [0.2, 0.25) is 0 Å². The van der Waals surface area contributed by atoms with E-state index in [1.165, 1.54) is 38.3 Å².